The van der Waals surface area contributed by atoms with Crippen molar-refractivity contribution in [2.24, 2.45) is 0 Å². The molecule has 1 heterocycles. The lowest BCUT2D eigenvalue weighted by Gasteiger charge is -2.37. The van der Waals surface area contributed by atoms with Crippen molar-refractivity contribution in [2.75, 3.05) is 17.4 Å². The first kappa shape index (κ1) is 24.1. The molecule has 0 saturated carbocycles. The van der Waals surface area contributed by atoms with Crippen LogP contribution in [0.3, 0.4) is 0 Å². The lowest BCUT2D eigenvalue weighted by molar-refractivity contribution is -0.308. The number of hydrogen-bond donors (Lipinski definition) is 1. The molecule has 1 atom stereocenters. The van der Waals surface area contributed by atoms with Crippen LogP contribution >= 0.6 is 0 Å². The fraction of sp³-hybridized carbons (Fsp3) is 0.421. The third kappa shape index (κ3) is 5.26. The van der Waals surface area contributed by atoms with Gasteiger partial charge in [0.05, 0.1) is 5.69 Å². The van der Waals surface area contributed by atoms with Crippen LogP contribution in [0.15, 0.2) is 42.5 Å². The molecule has 1 unspecified atom stereocenters. The monoisotopic (exact) mass is 484 g/mol. The highest BCUT2D eigenvalue weighted by atomic mass is 32.2. The third-order valence-corrected chi connectivity index (χ3v) is 5.87. The van der Waals surface area contributed by atoms with Crippen molar-refractivity contribution < 1.29 is 44.6 Å². The number of ether oxygens (including phenoxy) is 1. The summed E-state index contributed by atoms with van der Waals surface area (Å²) in [7, 11) is 0. The highest BCUT2D eigenvalue weighted by molar-refractivity contribution is 7.80. The van der Waals surface area contributed by atoms with E-state index in [1.165, 1.54) is 4.31 Å². The number of nitrogens with zero attached hydrogens (tertiary/aromatic N) is 2. The van der Waals surface area contributed by atoms with E-state index in [0.717, 1.165) is 10.3 Å². The van der Waals surface area contributed by atoms with Crippen molar-refractivity contribution in [1.29, 1.82) is 0 Å². The van der Waals surface area contributed by atoms with Crippen molar-refractivity contribution in [3.63, 3.8) is 0 Å². The van der Waals surface area contributed by atoms with Gasteiger partial charge in [0, 0.05) is 24.5 Å². The highest BCUT2D eigenvalue weighted by Gasteiger charge is 2.60. The lowest BCUT2D eigenvalue weighted by Crippen LogP contribution is -2.51. The summed E-state index contributed by atoms with van der Waals surface area (Å²) < 4.78 is 103. The van der Waals surface area contributed by atoms with E-state index in [1.807, 2.05) is 12.1 Å². The zero-order valence-electron chi connectivity index (χ0n) is 16.3. The number of fused-ring (bicyclic) bond motifs is 1. The zero-order chi connectivity index (χ0) is 23.7. The molecule has 3 rings (SSSR count). The summed E-state index contributed by atoms with van der Waals surface area (Å²) in [6, 6.07) is 11.7. The molecule has 1 aliphatic rings. The Kier molecular flexibility index (Phi) is 6.89. The quantitative estimate of drug-likeness (QED) is 0.496. The first-order chi connectivity index (χ1) is 14.9. The van der Waals surface area contributed by atoms with Crippen LogP contribution < -0.4 is 4.31 Å². The number of alkyl halides is 6. The molecule has 2 aromatic carbocycles. The number of likely N-dealkylation sites (tertiary alicyclic amines) is 1. The van der Waals surface area contributed by atoms with Gasteiger partial charge in [-0.05, 0) is 24.3 Å². The van der Waals surface area contributed by atoms with Crippen LogP contribution in [0.4, 0.5) is 36.8 Å². The number of rotatable bonds is 4. The van der Waals surface area contributed by atoms with E-state index >= 15 is 0 Å². The summed E-state index contributed by atoms with van der Waals surface area (Å²) in [5.41, 5.74) is 0.444. The van der Waals surface area contributed by atoms with Gasteiger partial charge in [0.1, 0.15) is 0 Å². The topological polar surface area (TPSA) is 70.1 Å². The summed E-state index contributed by atoms with van der Waals surface area (Å²) in [6.45, 7) is -0.491. The van der Waals surface area contributed by atoms with Gasteiger partial charge in [-0.15, -0.1) is 0 Å². The maximum absolute atomic E-state index is 12.6. The second-order valence-corrected chi connectivity index (χ2v) is 7.97. The van der Waals surface area contributed by atoms with Gasteiger partial charge in [-0.25, -0.2) is 9.00 Å². The molecule has 2 aromatic rings. The Balaban J connectivity index is 1.73. The van der Waals surface area contributed by atoms with E-state index in [0.29, 0.717) is 11.1 Å². The number of piperidine rings is 1. The fourth-order valence-corrected chi connectivity index (χ4v) is 4.38. The van der Waals surface area contributed by atoms with Crippen molar-refractivity contribution in [2.45, 2.75) is 37.3 Å². The van der Waals surface area contributed by atoms with Crippen molar-refractivity contribution in [3.8, 4) is 0 Å². The maximum atomic E-state index is 12.6. The number of anilines is 1. The molecular weight excluding hydrogens is 466 g/mol. The molecule has 0 bridgehead atoms. The Bertz CT molecular complexity index is 972. The van der Waals surface area contributed by atoms with E-state index in [4.69, 9.17) is 0 Å². The molecule has 176 valence electrons. The normalized spacial score (nSPS) is 16.9. The average molecular weight is 484 g/mol. The van der Waals surface area contributed by atoms with E-state index in [1.54, 1.807) is 30.3 Å². The Morgan fingerprint density at radius 3 is 2.16 bits per heavy atom. The molecule has 1 N–H and O–H groups in total. The van der Waals surface area contributed by atoms with Gasteiger partial charge in [0.2, 0.25) is 0 Å². The molecule has 0 aromatic heterocycles. The summed E-state index contributed by atoms with van der Waals surface area (Å²) in [4.78, 5) is 12.7. The van der Waals surface area contributed by atoms with Crippen LogP contribution in [0, 0.1) is 0 Å². The van der Waals surface area contributed by atoms with Gasteiger partial charge >= 0.3 is 18.4 Å². The molecule has 1 aliphatic heterocycles. The molecule has 6 nitrogen and oxygen atoms in total. The van der Waals surface area contributed by atoms with Crippen molar-refractivity contribution in [3.05, 3.63) is 42.5 Å². The molecule has 13 heteroatoms. The summed E-state index contributed by atoms with van der Waals surface area (Å²) in [5.74, 6) is 0. The van der Waals surface area contributed by atoms with Gasteiger partial charge in [-0.3, -0.25) is 8.86 Å². The smallest absolute Gasteiger partial charge is 0.426 e. The Labute approximate surface area is 181 Å². The molecule has 0 radical (unpaired) electrons. The molecule has 1 fully saturated rings. The van der Waals surface area contributed by atoms with Gasteiger partial charge in [-0.1, -0.05) is 36.4 Å². The van der Waals surface area contributed by atoms with E-state index < -0.39 is 41.9 Å². The first-order valence-corrected chi connectivity index (χ1v) is 10.4. The Hall–Kier alpha value is -2.54. The largest absolute Gasteiger partial charge is 0.434 e. The number of benzene rings is 2. The summed E-state index contributed by atoms with van der Waals surface area (Å²) in [6.07, 6.45) is -17.5. The predicted octanol–water partition coefficient (Wildman–Crippen LogP) is 4.88. The van der Waals surface area contributed by atoms with Crippen molar-refractivity contribution >= 4 is 33.8 Å². The Morgan fingerprint density at radius 2 is 1.59 bits per heavy atom. The Morgan fingerprint density at radius 1 is 1.03 bits per heavy atom. The van der Waals surface area contributed by atoms with Crippen LogP contribution in [0.5, 0.6) is 0 Å². The average Bonchev–Trinajstić information content (AvgIpc) is 2.71. The summed E-state index contributed by atoms with van der Waals surface area (Å²) >= 11 is -2.46. The molecule has 0 aliphatic carbocycles. The minimum atomic E-state index is -5.80. The lowest BCUT2D eigenvalue weighted by atomic mass is 10.0. The van der Waals surface area contributed by atoms with Gasteiger partial charge in [0.15, 0.2) is 0 Å². The van der Waals surface area contributed by atoms with E-state index in [-0.39, 0.29) is 25.9 Å². The van der Waals surface area contributed by atoms with Crippen molar-refractivity contribution in [1.82, 2.24) is 4.90 Å². The molecular formula is C19H18F6N2O4S. The standard InChI is InChI=1S/C19H18F6N2O4S/c20-18(21,22)16(19(23,24)25)31-17(28)26-10-8-13(9-11-26)27(32(29)30)15-7-3-5-12-4-1-2-6-14(12)15/h1-7,13,16H,8-11H2,(H,29,30). The van der Waals surface area contributed by atoms with Crippen LogP contribution in [-0.4, -0.2) is 57.3 Å². The van der Waals surface area contributed by atoms with Crippen LogP contribution in [0.25, 0.3) is 10.8 Å². The molecule has 1 amide bonds. The number of halogens is 6. The second kappa shape index (κ2) is 9.14. The zero-order valence-corrected chi connectivity index (χ0v) is 17.1. The minimum absolute atomic E-state index is 0.0350. The van der Waals surface area contributed by atoms with Crippen LogP contribution in [-0.2, 0) is 16.0 Å². The molecule has 32 heavy (non-hydrogen) atoms. The third-order valence-electron chi connectivity index (χ3n) is 5.04. The predicted molar refractivity (Wildman–Crippen MR) is 104 cm³/mol. The van der Waals surface area contributed by atoms with Gasteiger partial charge in [0.25, 0.3) is 17.4 Å². The van der Waals surface area contributed by atoms with E-state index in [9.17, 15) is 39.9 Å². The van der Waals surface area contributed by atoms with Crippen LogP contribution in [0.2, 0.25) is 0 Å². The minimum Gasteiger partial charge on any atom is -0.426 e. The fourth-order valence-electron chi connectivity index (χ4n) is 3.59. The maximum Gasteiger partial charge on any atom is 0.434 e. The first-order valence-electron chi connectivity index (χ1n) is 9.36. The number of carbonyl (C=O) groups excluding carboxylic acids is 1. The van der Waals surface area contributed by atoms with E-state index in [2.05, 4.69) is 4.74 Å². The number of amides is 1. The van der Waals surface area contributed by atoms with Crippen LogP contribution in [0.1, 0.15) is 12.8 Å². The molecule has 0 spiro atoms. The summed E-state index contributed by atoms with van der Waals surface area (Å²) in [5, 5.41) is 1.50. The number of carbonyl (C=O) groups is 1. The second-order valence-electron chi connectivity index (χ2n) is 7.12. The molecule has 1 saturated heterocycles. The van der Waals surface area contributed by atoms with Gasteiger partial charge < -0.3 is 9.64 Å². The number of hydrogen-bond acceptors (Lipinski definition) is 3. The SMILES string of the molecule is O=C(OC(C(F)(F)F)C(F)(F)F)N1CCC(N(c2cccc3ccccc23)S(=O)O)CC1. The highest BCUT2D eigenvalue weighted by Crippen LogP contribution is 2.37. The van der Waals surface area contributed by atoms with Gasteiger partial charge in [-0.2, -0.15) is 26.3 Å².